The van der Waals surface area contributed by atoms with Gasteiger partial charge in [-0.25, -0.2) is 0 Å². The molecule has 0 aliphatic rings. The Hall–Kier alpha value is -3.30. The minimum atomic E-state index is -0.769. The van der Waals surface area contributed by atoms with Gasteiger partial charge in [0.25, 0.3) is 0 Å². The zero-order valence-electron chi connectivity index (χ0n) is 17.1. The molecule has 0 radical (unpaired) electrons. The largest absolute Gasteiger partial charge is 0.481 e. The van der Waals surface area contributed by atoms with Crippen LogP contribution in [0.4, 0.5) is 0 Å². The van der Waals surface area contributed by atoms with E-state index in [2.05, 4.69) is 84.9 Å². The molecule has 4 rings (SSSR count). The molecule has 154 valence electrons. The van der Waals surface area contributed by atoms with Crippen LogP contribution in [0.2, 0.25) is 0 Å². The van der Waals surface area contributed by atoms with Crippen LogP contribution in [0.1, 0.15) is 28.7 Å². The van der Waals surface area contributed by atoms with E-state index in [1.807, 2.05) is 42.1 Å². The van der Waals surface area contributed by atoms with E-state index in [1.54, 1.807) is 0 Å². The summed E-state index contributed by atoms with van der Waals surface area (Å²) in [7, 11) is 0. The van der Waals surface area contributed by atoms with E-state index in [9.17, 15) is 4.79 Å². The molecule has 0 amide bonds. The van der Waals surface area contributed by atoms with Gasteiger partial charge in [0, 0.05) is 11.3 Å². The molecule has 0 saturated carbocycles. The molecular weight excluding hydrogens is 400 g/mol. The van der Waals surface area contributed by atoms with Crippen LogP contribution in [0.15, 0.2) is 120 Å². The molecule has 0 bridgehead atoms. The van der Waals surface area contributed by atoms with Crippen molar-refractivity contribution in [3.8, 4) is 0 Å². The third-order valence-corrected chi connectivity index (χ3v) is 6.88. The molecule has 0 heterocycles. The third kappa shape index (κ3) is 4.73. The first-order valence-electron chi connectivity index (χ1n) is 10.3. The number of carboxylic acids is 1. The molecule has 4 aromatic carbocycles. The van der Waals surface area contributed by atoms with Crippen molar-refractivity contribution >= 4 is 17.7 Å². The van der Waals surface area contributed by atoms with Gasteiger partial charge in [0.2, 0.25) is 0 Å². The first-order chi connectivity index (χ1) is 15.2. The van der Waals surface area contributed by atoms with Crippen LogP contribution in [0.25, 0.3) is 0 Å². The van der Waals surface area contributed by atoms with E-state index in [4.69, 9.17) is 5.11 Å². The second-order valence-corrected chi connectivity index (χ2v) is 8.71. The fourth-order valence-electron chi connectivity index (χ4n) is 3.85. The van der Waals surface area contributed by atoms with Gasteiger partial charge in [0.05, 0.1) is 4.75 Å². The Bertz CT molecular complexity index is 1010. The molecular formula is C28H24O2S. The van der Waals surface area contributed by atoms with Crippen LogP contribution in [0, 0.1) is 0 Å². The van der Waals surface area contributed by atoms with E-state index in [1.165, 1.54) is 16.7 Å². The van der Waals surface area contributed by atoms with Gasteiger partial charge in [0.15, 0.2) is 0 Å². The molecule has 4 aromatic rings. The van der Waals surface area contributed by atoms with Crippen molar-refractivity contribution in [3.05, 3.63) is 138 Å². The Morgan fingerprint density at radius 3 is 1.45 bits per heavy atom. The Morgan fingerprint density at radius 1 is 0.645 bits per heavy atom. The number of rotatable bonds is 8. The molecule has 0 aliphatic heterocycles. The summed E-state index contributed by atoms with van der Waals surface area (Å²) in [6, 6.07) is 40.1. The molecule has 31 heavy (non-hydrogen) atoms. The van der Waals surface area contributed by atoms with E-state index < -0.39 is 10.7 Å². The van der Waals surface area contributed by atoms with Crippen molar-refractivity contribution < 1.29 is 9.90 Å². The number of hydrogen-bond donors (Lipinski definition) is 1. The molecule has 0 fully saturated rings. The normalized spacial score (nSPS) is 11.2. The number of carbonyl (C=O) groups is 1. The van der Waals surface area contributed by atoms with Gasteiger partial charge < -0.3 is 5.11 Å². The van der Waals surface area contributed by atoms with Crippen molar-refractivity contribution in [2.45, 2.75) is 22.5 Å². The summed E-state index contributed by atoms with van der Waals surface area (Å²) in [6.45, 7) is 0. The lowest BCUT2D eigenvalue weighted by Gasteiger charge is -2.35. The van der Waals surface area contributed by atoms with E-state index in [0.717, 1.165) is 10.5 Å². The smallest absolute Gasteiger partial charge is 0.303 e. The van der Waals surface area contributed by atoms with Gasteiger partial charge in [-0.15, -0.1) is 11.8 Å². The zero-order chi connectivity index (χ0) is 21.5. The van der Waals surface area contributed by atoms with Crippen molar-refractivity contribution in [1.82, 2.24) is 0 Å². The molecule has 0 aromatic heterocycles. The molecule has 3 heteroatoms. The molecule has 0 spiro atoms. The van der Waals surface area contributed by atoms with Crippen molar-refractivity contribution in [3.63, 3.8) is 0 Å². The number of benzene rings is 4. The summed E-state index contributed by atoms with van der Waals surface area (Å²) in [5, 5.41) is 8.96. The Labute approximate surface area is 187 Å². The highest BCUT2D eigenvalue weighted by Crippen LogP contribution is 2.51. The highest BCUT2D eigenvalue weighted by Gasteiger charge is 2.37. The Kier molecular flexibility index (Phi) is 6.54. The highest BCUT2D eigenvalue weighted by molar-refractivity contribution is 8.00. The topological polar surface area (TPSA) is 37.3 Å². The second-order valence-electron chi connectivity index (χ2n) is 7.42. The van der Waals surface area contributed by atoms with Gasteiger partial charge in [-0.3, -0.25) is 4.79 Å². The average molecular weight is 425 g/mol. The van der Waals surface area contributed by atoms with E-state index in [-0.39, 0.29) is 6.42 Å². The van der Waals surface area contributed by atoms with Crippen LogP contribution in [0.5, 0.6) is 0 Å². The van der Waals surface area contributed by atoms with Crippen molar-refractivity contribution in [1.29, 1.82) is 0 Å². The lowest BCUT2D eigenvalue weighted by Crippen LogP contribution is -2.25. The van der Waals surface area contributed by atoms with Gasteiger partial charge in [-0.2, -0.15) is 0 Å². The maximum absolute atomic E-state index is 10.9. The number of carboxylic acid groups (broad SMARTS) is 1. The summed E-state index contributed by atoms with van der Waals surface area (Å²) in [6.07, 6.45) is 0.690. The van der Waals surface area contributed by atoms with Crippen LogP contribution in [-0.2, 0) is 16.0 Å². The monoisotopic (exact) mass is 424 g/mol. The van der Waals surface area contributed by atoms with E-state index >= 15 is 0 Å². The van der Waals surface area contributed by atoms with Crippen molar-refractivity contribution in [2.24, 2.45) is 0 Å². The van der Waals surface area contributed by atoms with Gasteiger partial charge in [-0.1, -0.05) is 103 Å². The van der Waals surface area contributed by atoms with Crippen LogP contribution >= 0.6 is 11.8 Å². The second kappa shape index (κ2) is 9.67. The Morgan fingerprint density at radius 2 is 1.06 bits per heavy atom. The summed E-state index contributed by atoms with van der Waals surface area (Å²) in [5.74, 6) is -0.769. The lowest BCUT2D eigenvalue weighted by atomic mass is 9.84. The van der Waals surface area contributed by atoms with Crippen LogP contribution < -0.4 is 0 Å². The number of hydrogen-bond acceptors (Lipinski definition) is 2. The average Bonchev–Trinajstić information content (AvgIpc) is 2.83. The van der Waals surface area contributed by atoms with Crippen LogP contribution in [-0.4, -0.2) is 11.1 Å². The summed E-state index contributed by atoms with van der Waals surface area (Å²) in [4.78, 5) is 12.0. The SMILES string of the molecule is O=C(O)CCc1ccc(SC(c2ccccc2)(c2ccccc2)c2ccccc2)cc1. The molecule has 1 N–H and O–H groups in total. The summed E-state index contributed by atoms with van der Waals surface area (Å²) < 4.78 is -0.410. The molecule has 2 nitrogen and oxygen atoms in total. The lowest BCUT2D eigenvalue weighted by molar-refractivity contribution is -0.136. The van der Waals surface area contributed by atoms with Gasteiger partial charge in [-0.05, 0) is 40.8 Å². The van der Waals surface area contributed by atoms with Gasteiger partial charge in [0.1, 0.15) is 0 Å². The number of aryl methyl sites for hydroxylation is 1. The van der Waals surface area contributed by atoms with Gasteiger partial charge >= 0.3 is 5.97 Å². The molecule has 0 atom stereocenters. The third-order valence-electron chi connectivity index (χ3n) is 5.36. The summed E-state index contributed by atoms with van der Waals surface area (Å²) in [5.41, 5.74) is 4.68. The maximum atomic E-state index is 10.9. The first kappa shape index (κ1) is 21.0. The molecule has 0 aliphatic carbocycles. The fraction of sp³-hybridized carbons (Fsp3) is 0.107. The number of thioether (sulfide) groups is 1. The minimum Gasteiger partial charge on any atom is -0.481 e. The van der Waals surface area contributed by atoms with Crippen LogP contribution in [0.3, 0.4) is 0 Å². The first-order valence-corrected chi connectivity index (χ1v) is 11.2. The van der Waals surface area contributed by atoms with E-state index in [0.29, 0.717) is 6.42 Å². The fourth-order valence-corrected chi connectivity index (χ4v) is 5.24. The summed E-state index contributed by atoms with van der Waals surface area (Å²) >= 11 is 1.81. The minimum absolute atomic E-state index is 0.147. The highest BCUT2D eigenvalue weighted by atomic mass is 32.2. The predicted octanol–water partition coefficient (Wildman–Crippen LogP) is 6.79. The molecule has 0 saturated heterocycles. The predicted molar refractivity (Wildman–Crippen MR) is 127 cm³/mol. The van der Waals surface area contributed by atoms with Crippen molar-refractivity contribution in [2.75, 3.05) is 0 Å². The quantitative estimate of drug-likeness (QED) is 0.250. The molecule has 0 unspecified atom stereocenters. The zero-order valence-corrected chi connectivity index (χ0v) is 18.0. The number of aliphatic carboxylic acids is 1. The maximum Gasteiger partial charge on any atom is 0.303 e. The Balaban J connectivity index is 1.82. The standard InChI is InChI=1S/C28H24O2S/c29-27(30)21-18-22-16-19-26(20-17-22)31-28(23-10-4-1-5-11-23,24-12-6-2-7-13-24)25-14-8-3-9-15-25/h1-17,19-20H,18,21H2,(H,29,30).